The van der Waals surface area contributed by atoms with Gasteiger partial charge in [-0.25, -0.2) is 0 Å². The predicted molar refractivity (Wildman–Crippen MR) is 63.0 cm³/mol. The van der Waals surface area contributed by atoms with Gasteiger partial charge in [0.1, 0.15) is 5.75 Å². The van der Waals surface area contributed by atoms with Crippen LogP contribution in [0.2, 0.25) is 5.02 Å². The minimum atomic E-state index is -0.761. The van der Waals surface area contributed by atoms with Crippen molar-refractivity contribution >= 4 is 17.6 Å². The largest absolute Gasteiger partial charge is 0.494 e. The highest BCUT2D eigenvalue weighted by Gasteiger charge is 2.09. The molecule has 1 atom stereocenters. The summed E-state index contributed by atoms with van der Waals surface area (Å²) in [4.78, 5) is 10.5. The molecule has 0 spiro atoms. The van der Waals surface area contributed by atoms with Crippen LogP contribution in [0.15, 0.2) is 24.3 Å². The molecule has 4 heteroatoms. The third-order valence-electron chi connectivity index (χ3n) is 2.27. The number of carboxylic acid groups (broad SMARTS) is 1. The van der Waals surface area contributed by atoms with Crippen molar-refractivity contribution in [3.8, 4) is 5.75 Å². The first kappa shape index (κ1) is 12.8. The Bertz CT molecular complexity index is 352. The SMILES string of the molecule is CC(CCCOc1cccc(Cl)c1)C(=O)O. The van der Waals surface area contributed by atoms with Crippen LogP contribution in [-0.4, -0.2) is 17.7 Å². The molecule has 0 bridgehead atoms. The second-order valence-electron chi connectivity index (χ2n) is 3.69. The molecule has 0 aliphatic carbocycles. The minimum Gasteiger partial charge on any atom is -0.494 e. The van der Waals surface area contributed by atoms with Crippen LogP contribution < -0.4 is 4.74 Å². The number of carbonyl (C=O) groups is 1. The Hall–Kier alpha value is -1.22. The quantitative estimate of drug-likeness (QED) is 0.779. The third kappa shape index (κ3) is 4.53. The Morgan fingerprint density at radius 3 is 2.94 bits per heavy atom. The van der Waals surface area contributed by atoms with Crippen molar-refractivity contribution in [1.29, 1.82) is 0 Å². The summed E-state index contributed by atoms with van der Waals surface area (Å²) in [5.41, 5.74) is 0. The van der Waals surface area contributed by atoms with E-state index >= 15 is 0 Å². The molecule has 0 fully saturated rings. The van der Waals surface area contributed by atoms with Gasteiger partial charge in [0.15, 0.2) is 0 Å². The number of carboxylic acids is 1. The van der Waals surface area contributed by atoms with E-state index in [-0.39, 0.29) is 5.92 Å². The molecule has 88 valence electrons. The number of hydrogen-bond acceptors (Lipinski definition) is 2. The van der Waals surface area contributed by atoms with Crippen LogP contribution in [0.4, 0.5) is 0 Å². The van der Waals surface area contributed by atoms with E-state index in [1.54, 1.807) is 19.1 Å². The molecule has 0 aliphatic heterocycles. The molecule has 0 heterocycles. The highest BCUT2D eigenvalue weighted by atomic mass is 35.5. The van der Waals surface area contributed by atoms with E-state index in [0.29, 0.717) is 18.1 Å². The van der Waals surface area contributed by atoms with Gasteiger partial charge < -0.3 is 9.84 Å². The lowest BCUT2D eigenvalue weighted by molar-refractivity contribution is -0.141. The lowest BCUT2D eigenvalue weighted by Crippen LogP contribution is -2.10. The fourth-order valence-electron chi connectivity index (χ4n) is 1.26. The number of halogens is 1. The smallest absolute Gasteiger partial charge is 0.306 e. The summed E-state index contributed by atoms with van der Waals surface area (Å²) in [5.74, 6) is -0.360. The number of rotatable bonds is 6. The highest BCUT2D eigenvalue weighted by molar-refractivity contribution is 6.30. The molecule has 0 aliphatic rings. The monoisotopic (exact) mass is 242 g/mol. The molecule has 1 aromatic carbocycles. The first-order valence-electron chi connectivity index (χ1n) is 5.21. The van der Waals surface area contributed by atoms with Crippen LogP contribution in [0.3, 0.4) is 0 Å². The fourth-order valence-corrected chi connectivity index (χ4v) is 1.44. The van der Waals surface area contributed by atoms with E-state index in [4.69, 9.17) is 21.4 Å². The van der Waals surface area contributed by atoms with Crippen LogP contribution in [0.5, 0.6) is 5.75 Å². The van der Waals surface area contributed by atoms with Gasteiger partial charge in [-0.1, -0.05) is 24.6 Å². The first-order valence-corrected chi connectivity index (χ1v) is 5.58. The first-order chi connectivity index (χ1) is 7.59. The summed E-state index contributed by atoms with van der Waals surface area (Å²) >= 11 is 5.79. The molecule has 1 rings (SSSR count). The summed E-state index contributed by atoms with van der Waals surface area (Å²) in [6.07, 6.45) is 1.34. The Labute approximate surface area is 100.0 Å². The number of aliphatic carboxylic acids is 1. The van der Waals surface area contributed by atoms with Gasteiger partial charge in [0.25, 0.3) is 0 Å². The van der Waals surface area contributed by atoms with Crippen LogP contribution in [0.25, 0.3) is 0 Å². The zero-order valence-electron chi connectivity index (χ0n) is 9.15. The Morgan fingerprint density at radius 1 is 1.56 bits per heavy atom. The topological polar surface area (TPSA) is 46.5 Å². The summed E-state index contributed by atoms with van der Waals surface area (Å²) in [5, 5.41) is 9.31. The molecule has 3 nitrogen and oxygen atoms in total. The molecule has 1 aromatic rings. The molecule has 0 amide bonds. The summed E-state index contributed by atoms with van der Waals surface area (Å²) in [7, 11) is 0. The van der Waals surface area contributed by atoms with Crippen LogP contribution in [0, 0.1) is 5.92 Å². The number of benzene rings is 1. The standard InChI is InChI=1S/C12H15ClO3/c1-9(12(14)15)4-3-7-16-11-6-2-5-10(13)8-11/h2,5-6,8-9H,3-4,7H2,1H3,(H,14,15). The van der Waals surface area contributed by atoms with E-state index < -0.39 is 5.97 Å². The number of hydrogen-bond donors (Lipinski definition) is 1. The van der Waals surface area contributed by atoms with E-state index in [1.165, 1.54) is 0 Å². The second-order valence-corrected chi connectivity index (χ2v) is 4.12. The van der Waals surface area contributed by atoms with Gasteiger partial charge in [-0.15, -0.1) is 0 Å². The third-order valence-corrected chi connectivity index (χ3v) is 2.50. The highest BCUT2D eigenvalue weighted by Crippen LogP contribution is 2.17. The van der Waals surface area contributed by atoms with E-state index in [9.17, 15) is 4.79 Å². The molecular weight excluding hydrogens is 228 g/mol. The van der Waals surface area contributed by atoms with Gasteiger partial charge in [-0.05, 0) is 31.0 Å². The van der Waals surface area contributed by atoms with Gasteiger partial charge >= 0.3 is 5.97 Å². The molecule has 0 saturated carbocycles. The van der Waals surface area contributed by atoms with Crippen molar-refractivity contribution in [3.05, 3.63) is 29.3 Å². The zero-order chi connectivity index (χ0) is 12.0. The molecule has 0 saturated heterocycles. The molecule has 0 radical (unpaired) electrons. The van der Waals surface area contributed by atoms with Gasteiger partial charge in [-0.3, -0.25) is 4.79 Å². The maximum atomic E-state index is 10.5. The Kier molecular flexibility index (Phi) is 5.12. The van der Waals surface area contributed by atoms with Crippen molar-refractivity contribution in [3.63, 3.8) is 0 Å². The molecular formula is C12H15ClO3. The van der Waals surface area contributed by atoms with Crippen molar-refractivity contribution in [2.75, 3.05) is 6.61 Å². The maximum absolute atomic E-state index is 10.5. The van der Waals surface area contributed by atoms with Crippen LogP contribution in [-0.2, 0) is 4.79 Å². The normalized spacial score (nSPS) is 12.1. The molecule has 0 aromatic heterocycles. The Balaban J connectivity index is 2.23. The number of ether oxygens (including phenoxy) is 1. The average molecular weight is 243 g/mol. The second kappa shape index (κ2) is 6.38. The zero-order valence-corrected chi connectivity index (χ0v) is 9.91. The van der Waals surface area contributed by atoms with Gasteiger partial charge in [0.2, 0.25) is 0 Å². The molecule has 1 unspecified atom stereocenters. The van der Waals surface area contributed by atoms with Crippen LogP contribution >= 0.6 is 11.6 Å². The fraction of sp³-hybridized carbons (Fsp3) is 0.417. The lowest BCUT2D eigenvalue weighted by Gasteiger charge is -2.08. The predicted octanol–water partition coefficient (Wildman–Crippen LogP) is 3.22. The van der Waals surface area contributed by atoms with E-state index in [0.717, 1.165) is 12.2 Å². The van der Waals surface area contributed by atoms with E-state index in [1.807, 2.05) is 12.1 Å². The Morgan fingerprint density at radius 2 is 2.31 bits per heavy atom. The van der Waals surface area contributed by atoms with Crippen molar-refractivity contribution in [1.82, 2.24) is 0 Å². The van der Waals surface area contributed by atoms with E-state index in [2.05, 4.69) is 0 Å². The minimum absolute atomic E-state index is 0.317. The van der Waals surface area contributed by atoms with Gasteiger partial charge in [-0.2, -0.15) is 0 Å². The summed E-state index contributed by atoms with van der Waals surface area (Å²) in [6, 6.07) is 7.16. The van der Waals surface area contributed by atoms with Gasteiger partial charge in [0.05, 0.1) is 12.5 Å². The van der Waals surface area contributed by atoms with Crippen molar-refractivity contribution < 1.29 is 14.6 Å². The van der Waals surface area contributed by atoms with Gasteiger partial charge in [0, 0.05) is 5.02 Å². The lowest BCUT2D eigenvalue weighted by atomic mass is 10.1. The van der Waals surface area contributed by atoms with Crippen LogP contribution in [0.1, 0.15) is 19.8 Å². The summed E-state index contributed by atoms with van der Waals surface area (Å²) < 4.78 is 5.44. The maximum Gasteiger partial charge on any atom is 0.306 e. The van der Waals surface area contributed by atoms with Crippen molar-refractivity contribution in [2.24, 2.45) is 5.92 Å². The molecule has 1 N–H and O–H groups in total. The average Bonchev–Trinajstić information content (AvgIpc) is 2.24. The van der Waals surface area contributed by atoms with Crippen molar-refractivity contribution in [2.45, 2.75) is 19.8 Å². The summed E-state index contributed by atoms with van der Waals surface area (Å²) in [6.45, 7) is 2.21. The molecule has 16 heavy (non-hydrogen) atoms.